The van der Waals surface area contributed by atoms with Gasteiger partial charge in [-0.15, -0.1) is 5.10 Å². The van der Waals surface area contributed by atoms with Gasteiger partial charge < -0.3 is 10.1 Å². The zero-order valence-corrected chi connectivity index (χ0v) is 16.2. The maximum absolute atomic E-state index is 12.2. The van der Waals surface area contributed by atoms with Gasteiger partial charge in [-0.2, -0.15) is 0 Å². The Balaban J connectivity index is 1.29. The average molecular weight is 400 g/mol. The molecule has 0 fully saturated rings. The zero-order chi connectivity index (χ0) is 20.8. The molecule has 4 rings (SSSR count). The van der Waals surface area contributed by atoms with Gasteiger partial charge in [-0.3, -0.25) is 4.79 Å². The normalized spacial score (nSPS) is 10.7. The van der Waals surface area contributed by atoms with E-state index in [1.165, 1.54) is 0 Å². The predicted octanol–water partition coefficient (Wildman–Crippen LogP) is 2.95. The summed E-state index contributed by atoms with van der Waals surface area (Å²) < 4.78 is 6.91. The van der Waals surface area contributed by atoms with Crippen LogP contribution < -0.4 is 5.32 Å². The highest BCUT2D eigenvalue weighted by atomic mass is 16.5. The van der Waals surface area contributed by atoms with E-state index in [1.807, 2.05) is 66.7 Å². The molecule has 150 valence electrons. The standard InChI is InChI=1S/C23H20N4O3/c28-22(24-14-17-6-2-1-3-7-17)16-30-23(29)19-12-10-18(11-13-19)15-27-21-9-5-4-8-20(21)25-26-27/h1-13H,14-16H2,(H,24,28). The molecule has 0 saturated carbocycles. The first-order chi connectivity index (χ1) is 14.7. The van der Waals surface area contributed by atoms with Crippen LogP contribution in [0, 0.1) is 0 Å². The first-order valence-corrected chi connectivity index (χ1v) is 9.54. The van der Waals surface area contributed by atoms with E-state index in [0.29, 0.717) is 18.7 Å². The van der Waals surface area contributed by atoms with Gasteiger partial charge in [-0.1, -0.05) is 59.8 Å². The number of aromatic nitrogens is 3. The Labute approximate surface area is 173 Å². The first-order valence-electron chi connectivity index (χ1n) is 9.54. The molecular formula is C23H20N4O3. The zero-order valence-electron chi connectivity index (χ0n) is 16.2. The van der Waals surface area contributed by atoms with Crippen molar-refractivity contribution in [1.29, 1.82) is 0 Å². The Bertz CT molecular complexity index is 1150. The molecule has 30 heavy (non-hydrogen) atoms. The molecule has 0 bridgehead atoms. The quantitative estimate of drug-likeness (QED) is 0.482. The molecule has 4 aromatic rings. The van der Waals surface area contributed by atoms with Crippen LogP contribution in [-0.4, -0.2) is 33.5 Å². The fourth-order valence-electron chi connectivity index (χ4n) is 3.02. The number of ether oxygens (including phenoxy) is 1. The van der Waals surface area contributed by atoms with Crippen molar-refractivity contribution in [1.82, 2.24) is 20.3 Å². The minimum atomic E-state index is -0.539. The lowest BCUT2D eigenvalue weighted by atomic mass is 10.1. The number of para-hydroxylation sites is 1. The minimum absolute atomic E-state index is 0.321. The number of hydrogen-bond donors (Lipinski definition) is 1. The van der Waals surface area contributed by atoms with Crippen LogP contribution in [0.25, 0.3) is 11.0 Å². The number of nitrogens with zero attached hydrogens (tertiary/aromatic N) is 3. The van der Waals surface area contributed by atoms with E-state index in [4.69, 9.17) is 4.74 Å². The molecule has 0 radical (unpaired) electrons. The van der Waals surface area contributed by atoms with Crippen LogP contribution in [0.3, 0.4) is 0 Å². The lowest BCUT2D eigenvalue weighted by Gasteiger charge is -2.08. The SMILES string of the molecule is O=C(COC(=O)c1ccc(Cn2nnc3ccccc32)cc1)NCc1ccccc1. The fraction of sp³-hybridized carbons (Fsp3) is 0.130. The van der Waals surface area contributed by atoms with E-state index >= 15 is 0 Å². The summed E-state index contributed by atoms with van der Waals surface area (Å²) in [5.41, 5.74) is 4.12. The Hall–Kier alpha value is -4.00. The Kier molecular flexibility index (Phi) is 5.80. The molecule has 0 saturated heterocycles. The van der Waals surface area contributed by atoms with Crippen molar-refractivity contribution < 1.29 is 14.3 Å². The van der Waals surface area contributed by atoms with Crippen LogP contribution in [-0.2, 0) is 22.6 Å². The smallest absolute Gasteiger partial charge is 0.338 e. The first kappa shape index (κ1) is 19.3. The number of fused-ring (bicyclic) bond motifs is 1. The van der Waals surface area contributed by atoms with Crippen LogP contribution in [0.5, 0.6) is 0 Å². The van der Waals surface area contributed by atoms with Crippen molar-refractivity contribution in [2.45, 2.75) is 13.1 Å². The van der Waals surface area contributed by atoms with E-state index in [9.17, 15) is 9.59 Å². The number of hydrogen-bond acceptors (Lipinski definition) is 5. The summed E-state index contributed by atoms with van der Waals surface area (Å²) in [5.74, 6) is -0.885. The molecule has 0 spiro atoms. The monoisotopic (exact) mass is 400 g/mol. The minimum Gasteiger partial charge on any atom is -0.452 e. The maximum atomic E-state index is 12.2. The van der Waals surface area contributed by atoms with Crippen LogP contribution in [0.2, 0.25) is 0 Å². The highest BCUT2D eigenvalue weighted by Gasteiger charge is 2.11. The number of carbonyl (C=O) groups excluding carboxylic acids is 2. The Morgan fingerprint density at radius 3 is 2.40 bits per heavy atom. The number of nitrogens with one attached hydrogen (secondary N) is 1. The second-order valence-corrected chi connectivity index (χ2v) is 6.77. The van der Waals surface area contributed by atoms with E-state index in [2.05, 4.69) is 15.6 Å². The Morgan fingerprint density at radius 1 is 0.867 bits per heavy atom. The number of rotatable bonds is 7. The van der Waals surface area contributed by atoms with Gasteiger partial charge in [0.05, 0.1) is 17.6 Å². The molecular weight excluding hydrogens is 380 g/mol. The van der Waals surface area contributed by atoms with Crippen molar-refractivity contribution in [2.24, 2.45) is 0 Å². The third-order valence-corrected chi connectivity index (χ3v) is 4.61. The molecule has 3 aromatic carbocycles. The van der Waals surface area contributed by atoms with Gasteiger partial charge in [0.2, 0.25) is 0 Å². The van der Waals surface area contributed by atoms with Crippen LogP contribution in [0.4, 0.5) is 0 Å². The molecule has 0 aliphatic rings. The molecule has 7 heteroatoms. The second kappa shape index (κ2) is 9.00. The number of benzene rings is 3. The van der Waals surface area contributed by atoms with Gasteiger partial charge in [0.25, 0.3) is 5.91 Å². The van der Waals surface area contributed by atoms with Gasteiger partial charge in [0, 0.05) is 6.54 Å². The predicted molar refractivity (Wildman–Crippen MR) is 112 cm³/mol. The van der Waals surface area contributed by atoms with Gasteiger partial charge in [-0.25, -0.2) is 9.48 Å². The number of esters is 1. The third kappa shape index (κ3) is 4.70. The van der Waals surface area contributed by atoms with Crippen molar-refractivity contribution in [3.63, 3.8) is 0 Å². The molecule has 1 heterocycles. The van der Waals surface area contributed by atoms with Crippen molar-refractivity contribution in [2.75, 3.05) is 6.61 Å². The van der Waals surface area contributed by atoms with Gasteiger partial charge in [-0.05, 0) is 35.4 Å². The topological polar surface area (TPSA) is 86.1 Å². The average Bonchev–Trinajstić information content (AvgIpc) is 3.20. The summed E-state index contributed by atoms with van der Waals surface area (Å²) in [4.78, 5) is 24.1. The highest BCUT2D eigenvalue weighted by Crippen LogP contribution is 2.13. The summed E-state index contributed by atoms with van der Waals surface area (Å²) in [6.07, 6.45) is 0. The summed E-state index contributed by atoms with van der Waals surface area (Å²) in [6, 6.07) is 24.3. The van der Waals surface area contributed by atoms with Gasteiger partial charge in [0.15, 0.2) is 6.61 Å². The maximum Gasteiger partial charge on any atom is 0.338 e. The molecule has 1 N–H and O–H groups in total. The van der Waals surface area contributed by atoms with E-state index in [0.717, 1.165) is 22.2 Å². The Morgan fingerprint density at radius 2 is 1.60 bits per heavy atom. The summed E-state index contributed by atoms with van der Waals surface area (Å²) in [5, 5.41) is 11.0. The molecule has 1 amide bonds. The highest BCUT2D eigenvalue weighted by molar-refractivity contribution is 5.91. The summed E-state index contributed by atoms with van der Waals surface area (Å²) in [7, 11) is 0. The van der Waals surface area contributed by atoms with E-state index < -0.39 is 5.97 Å². The summed E-state index contributed by atoms with van der Waals surface area (Å²) in [6.45, 7) is 0.610. The van der Waals surface area contributed by atoms with Gasteiger partial charge in [0.1, 0.15) is 5.52 Å². The largest absolute Gasteiger partial charge is 0.452 e. The van der Waals surface area contributed by atoms with Crippen molar-refractivity contribution in [3.8, 4) is 0 Å². The molecule has 0 aliphatic heterocycles. The lowest BCUT2D eigenvalue weighted by Crippen LogP contribution is -2.28. The van der Waals surface area contributed by atoms with Crippen LogP contribution in [0.1, 0.15) is 21.5 Å². The van der Waals surface area contributed by atoms with Crippen LogP contribution >= 0.6 is 0 Å². The molecule has 0 aliphatic carbocycles. The third-order valence-electron chi connectivity index (χ3n) is 4.61. The van der Waals surface area contributed by atoms with Crippen molar-refractivity contribution in [3.05, 3.63) is 95.6 Å². The second-order valence-electron chi connectivity index (χ2n) is 6.77. The molecule has 7 nitrogen and oxygen atoms in total. The van der Waals surface area contributed by atoms with Crippen LogP contribution in [0.15, 0.2) is 78.9 Å². The van der Waals surface area contributed by atoms with Gasteiger partial charge >= 0.3 is 5.97 Å². The molecule has 1 aromatic heterocycles. The van der Waals surface area contributed by atoms with Crippen molar-refractivity contribution >= 4 is 22.9 Å². The van der Waals surface area contributed by atoms with E-state index in [1.54, 1.807) is 16.8 Å². The van der Waals surface area contributed by atoms with E-state index in [-0.39, 0.29) is 12.5 Å². The summed E-state index contributed by atoms with van der Waals surface area (Å²) >= 11 is 0. The number of carbonyl (C=O) groups is 2. The molecule has 0 atom stereocenters. The number of amides is 1. The lowest BCUT2D eigenvalue weighted by molar-refractivity contribution is -0.124. The fourth-order valence-corrected chi connectivity index (χ4v) is 3.02. The molecule has 0 unspecified atom stereocenters.